The number of piperidine rings is 1. The molecule has 2 aliphatic rings. The Morgan fingerprint density at radius 1 is 1.29 bits per heavy atom. The Kier molecular flexibility index (Phi) is 7.66. The highest BCUT2D eigenvalue weighted by atomic mass is 35.5. The van der Waals surface area contributed by atoms with Crippen molar-refractivity contribution in [2.24, 2.45) is 11.8 Å². The van der Waals surface area contributed by atoms with Crippen LogP contribution in [-0.4, -0.2) is 55.0 Å². The SMILES string of the molecule is CNCC1CCCN1C(=O)c1ccc(N2CC(C)CC(C)C2)c([N+](=O)[O-])c1.Cl. The van der Waals surface area contributed by atoms with E-state index in [1.807, 2.05) is 11.9 Å². The molecule has 2 heterocycles. The first-order chi connectivity index (χ1) is 12.9. The largest absolute Gasteiger partial charge is 0.365 e. The Bertz CT molecular complexity index is 705. The molecular formula is C20H31ClN4O3. The highest BCUT2D eigenvalue weighted by Crippen LogP contribution is 2.34. The van der Waals surface area contributed by atoms with Gasteiger partial charge in [-0.1, -0.05) is 13.8 Å². The molecule has 3 unspecified atom stereocenters. The number of nitro groups is 1. The van der Waals surface area contributed by atoms with Crippen LogP contribution in [0.1, 0.15) is 43.5 Å². The third-order valence-corrected chi connectivity index (χ3v) is 5.71. The Morgan fingerprint density at radius 3 is 2.57 bits per heavy atom. The molecule has 0 spiro atoms. The molecular weight excluding hydrogens is 380 g/mol. The number of anilines is 1. The second kappa shape index (κ2) is 9.56. The second-order valence-corrected chi connectivity index (χ2v) is 8.16. The van der Waals surface area contributed by atoms with Gasteiger partial charge >= 0.3 is 0 Å². The van der Waals surface area contributed by atoms with Crippen molar-refractivity contribution in [3.63, 3.8) is 0 Å². The lowest BCUT2D eigenvalue weighted by Crippen LogP contribution is -2.41. The molecule has 28 heavy (non-hydrogen) atoms. The molecule has 1 N–H and O–H groups in total. The van der Waals surface area contributed by atoms with Crippen LogP contribution < -0.4 is 10.2 Å². The Morgan fingerprint density at radius 2 is 1.96 bits per heavy atom. The average molecular weight is 411 g/mol. The van der Waals surface area contributed by atoms with E-state index in [4.69, 9.17) is 0 Å². The quantitative estimate of drug-likeness (QED) is 0.595. The molecule has 0 saturated carbocycles. The van der Waals surface area contributed by atoms with Crippen LogP contribution >= 0.6 is 12.4 Å². The van der Waals surface area contributed by atoms with E-state index in [0.29, 0.717) is 29.6 Å². The Labute approximate surface area is 173 Å². The molecule has 0 aliphatic carbocycles. The zero-order valence-corrected chi connectivity index (χ0v) is 17.7. The minimum absolute atomic E-state index is 0. The topological polar surface area (TPSA) is 78.7 Å². The molecule has 1 aromatic rings. The fraction of sp³-hybridized carbons (Fsp3) is 0.650. The van der Waals surface area contributed by atoms with Gasteiger partial charge in [-0.05, 0) is 50.3 Å². The summed E-state index contributed by atoms with van der Waals surface area (Å²) in [6.45, 7) is 7.45. The monoisotopic (exact) mass is 410 g/mol. The Balaban J connectivity index is 0.00000280. The third kappa shape index (κ3) is 4.75. The first-order valence-electron chi connectivity index (χ1n) is 9.89. The fourth-order valence-corrected chi connectivity index (χ4v) is 4.65. The van der Waals surface area contributed by atoms with E-state index in [1.54, 1.807) is 12.1 Å². The first-order valence-corrected chi connectivity index (χ1v) is 9.89. The number of nitrogens with one attached hydrogen (secondary N) is 1. The summed E-state index contributed by atoms with van der Waals surface area (Å²) in [6, 6.07) is 5.14. The van der Waals surface area contributed by atoms with Gasteiger partial charge in [0.1, 0.15) is 5.69 Å². The molecule has 3 atom stereocenters. The minimum Gasteiger partial charge on any atom is -0.365 e. The molecule has 0 bridgehead atoms. The standard InChI is InChI=1S/C20H30N4O3.ClH/c1-14-9-15(2)13-22(12-14)18-7-6-16(10-19(18)24(26)27)20(25)23-8-4-5-17(23)11-21-3;/h6-7,10,14-15,17,21H,4-5,8-9,11-13H2,1-3H3;1H. The van der Waals surface area contributed by atoms with Crippen molar-refractivity contribution in [3.05, 3.63) is 33.9 Å². The van der Waals surface area contributed by atoms with E-state index >= 15 is 0 Å². The predicted molar refractivity (Wildman–Crippen MR) is 113 cm³/mol. The van der Waals surface area contributed by atoms with Gasteiger partial charge in [0.25, 0.3) is 11.6 Å². The number of likely N-dealkylation sites (tertiary alicyclic amines) is 1. The summed E-state index contributed by atoms with van der Waals surface area (Å²) in [4.78, 5) is 28.3. The molecule has 1 aromatic carbocycles. The highest BCUT2D eigenvalue weighted by Gasteiger charge is 2.31. The summed E-state index contributed by atoms with van der Waals surface area (Å²) in [5.74, 6) is 0.894. The van der Waals surface area contributed by atoms with Crippen LogP contribution in [0.15, 0.2) is 18.2 Å². The molecule has 7 nitrogen and oxygen atoms in total. The molecule has 0 aromatic heterocycles. The van der Waals surface area contributed by atoms with Crippen molar-refractivity contribution in [1.29, 1.82) is 0 Å². The average Bonchev–Trinajstić information content (AvgIpc) is 3.08. The van der Waals surface area contributed by atoms with Crippen LogP contribution in [-0.2, 0) is 0 Å². The summed E-state index contributed by atoms with van der Waals surface area (Å²) >= 11 is 0. The van der Waals surface area contributed by atoms with Crippen molar-refractivity contribution >= 4 is 29.7 Å². The first kappa shape index (κ1) is 22.4. The normalized spacial score (nSPS) is 24.8. The number of hydrogen-bond acceptors (Lipinski definition) is 5. The summed E-state index contributed by atoms with van der Waals surface area (Å²) in [5, 5.41) is 14.9. The van der Waals surface area contributed by atoms with Crippen LogP contribution in [0.4, 0.5) is 11.4 Å². The number of nitrogens with zero attached hydrogens (tertiary/aromatic N) is 3. The van der Waals surface area contributed by atoms with Gasteiger partial charge in [0.05, 0.1) is 4.92 Å². The number of benzene rings is 1. The van der Waals surface area contributed by atoms with Gasteiger partial charge in [-0.15, -0.1) is 12.4 Å². The molecule has 2 fully saturated rings. The number of nitro benzene ring substituents is 1. The van der Waals surface area contributed by atoms with Crippen LogP contribution in [0.3, 0.4) is 0 Å². The summed E-state index contributed by atoms with van der Waals surface area (Å²) in [5.41, 5.74) is 1.07. The lowest BCUT2D eigenvalue weighted by molar-refractivity contribution is -0.384. The van der Waals surface area contributed by atoms with E-state index in [1.165, 1.54) is 6.07 Å². The maximum absolute atomic E-state index is 13.0. The zero-order chi connectivity index (χ0) is 19.6. The molecule has 0 radical (unpaired) electrons. The minimum atomic E-state index is -0.356. The summed E-state index contributed by atoms with van der Waals surface area (Å²) in [7, 11) is 1.88. The van der Waals surface area contributed by atoms with Gasteiger partial charge < -0.3 is 15.1 Å². The van der Waals surface area contributed by atoms with Crippen molar-refractivity contribution in [1.82, 2.24) is 10.2 Å². The van der Waals surface area contributed by atoms with Crippen molar-refractivity contribution in [2.75, 3.05) is 38.1 Å². The number of rotatable bonds is 5. The van der Waals surface area contributed by atoms with Crippen LogP contribution in [0.2, 0.25) is 0 Å². The van der Waals surface area contributed by atoms with E-state index in [0.717, 1.165) is 38.9 Å². The highest BCUT2D eigenvalue weighted by molar-refractivity contribution is 5.96. The Hall–Kier alpha value is -1.86. The molecule has 2 aliphatic heterocycles. The summed E-state index contributed by atoms with van der Waals surface area (Å²) in [6.07, 6.45) is 3.08. The van der Waals surface area contributed by atoms with Gasteiger partial charge in [-0.25, -0.2) is 0 Å². The predicted octanol–water partition coefficient (Wildman–Crippen LogP) is 3.32. The van der Waals surface area contributed by atoms with Gasteiger partial charge in [-0.3, -0.25) is 14.9 Å². The zero-order valence-electron chi connectivity index (χ0n) is 16.9. The third-order valence-electron chi connectivity index (χ3n) is 5.71. The maximum atomic E-state index is 13.0. The fourth-order valence-electron chi connectivity index (χ4n) is 4.65. The molecule has 3 rings (SSSR count). The van der Waals surface area contributed by atoms with Crippen molar-refractivity contribution in [3.8, 4) is 0 Å². The van der Waals surface area contributed by atoms with E-state index in [2.05, 4.69) is 24.1 Å². The molecule has 1 amide bonds. The molecule has 8 heteroatoms. The van der Waals surface area contributed by atoms with Crippen LogP contribution in [0.5, 0.6) is 0 Å². The number of carbonyl (C=O) groups is 1. The number of carbonyl (C=O) groups excluding carboxylic acids is 1. The lowest BCUT2D eigenvalue weighted by Gasteiger charge is -2.36. The number of hydrogen-bond donors (Lipinski definition) is 1. The summed E-state index contributed by atoms with van der Waals surface area (Å²) < 4.78 is 0. The van der Waals surface area contributed by atoms with Gasteiger partial charge in [0.2, 0.25) is 0 Å². The number of amides is 1. The van der Waals surface area contributed by atoms with E-state index < -0.39 is 0 Å². The molecule has 2 saturated heterocycles. The van der Waals surface area contributed by atoms with Gasteiger partial charge in [-0.2, -0.15) is 0 Å². The maximum Gasteiger partial charge on any atom is 0.293 e. The van der Waals surface area contributed by atoms with Gasteiger partial charge in [0, 0.05) is 43.9 Å². The number of likely N-dealkylation sites (N-methyl/N-ethyl adjacent to an activating group) is 1. The van der Waals surface area contributed by atoms with Crippen molar-refractivity contribution in [2.45, 2.75) is 39.2 Å². The lowest BCUT2D eigenvalue weighted by atomic mass is 9.91. The van der Waals surface area contributed by atoms with Crippen LogP contribution in [0.25, 0.3) is 0 Å². The van der Waals surface area contributed by atoms with E-state index in [9.17, 15) is 14.9 Å². The van der Waals surface area contributed by atoms with E-state index in [-0.39, 0.29) is 35.0 Å². The van der Waals surface area contributed by atoms with Crippen molar-refractivity contribution < 1.29 is 9.72 Å². The van der Waals surface area contributed by atoms with Crippen LogP contribution in [0, 0.1) is 22.0 Å². The molecule has 156 valence electrons. The number of halogens is 1. The smallest absolute Gasteiger partial charge is 0.293 e. The second-order valence-electron chi connectivity index (χ2n) is 8.16. The van der Waals surface area contributed by atoms with Gasteiger partial charge in [0.15, 0.2) is 0 Å².